The lowest BCUT2D eigenvalue weighted by atomic mass is 9.77. The zero-order chi connectivity index (χ0) is 14.6. The van der Waals surface area contributed by atoms with Crippen molar-refractivity contribution in [2.24, 2.45) is 11.7 Å². The van der Waals surface area contributed by atoms with E-state index in [1.54, 1.807) is 7.11 Å². The van der Waals surface area contributed by atoms with E-state index in [4.69, 9.17) is 22.7 Å². The number of hydrogen-bond acceptors (Lipinski definition) is 3. The summed E-state index contributed by atoms with van der Waals surface area (Å²) in [7, 11) is 1.69. The summed E-state index contributed by atoms with van der Waals surface area (Å²) in [5.41, 5.74) is 5.61. The van der Waals surface area contributed by atoms with Crippen LogP contribution >= 0.6 is 12.2 Å². The molecule has 3 N–H and O–H groups in total. The van der Waals surface area contributed by atoms with Gasteiger partial charge in [-0.3, -0.25) is 4.79 Å². The van der Waals surface area contributed by atoms with E-state index >= 15 is 0 Å². The highest BCUT2D eigenvalue weighted by molar-refractivity contribution is 7.80. The number of methoxy groups -OCH3 is 1. The van der Waals surface area contributed by atoms with Crippen molar-refractivity contribution in [2.45, 2.75) is 69.4 Å². The van der Waals surface area contributed by atoms with Crippen molar-refractivity contribution in [1.82, 2.24) is 5.32 Å². The fraction of sp³-hybridized carbons (Fsp3) is 0.867. The topological polar surface area (TPSA) is 64.3 Å². The Morgan fingerprint density at radius 2 is 2.00 bits per heavy atom. The lowest BCUT2D eigenvalue weighted by Gasteiger charge is -2.40. The van der Waals surface area contributed by atoms with Crippen molar-refractivity contribution in [3.05, 3.63) is 0 Å². The number of ether oxygens (including phenoxy) is 1. The second kappa shape index (κ2) is 6.85. The molecule has 114 valence electrons. The number of nitrogens with one attached hydrogen (secondary N) is 1. The molecule has 1 amide bonds. The number of thiocarbonyl (C=S) groups is 1. The van der Waals surface area contributed by atoms with Crippen molar-refractivity contribution < 1.29 is 9.53 Å². The first kappa shape index (κ1) is 15.7. The fourth-order valence-electron chi connectivity index (χ4n) is 3.43. The summed E-state index contributed by atoms with van der Waals surface area (Å²) in [6.45, 7) is 0. The number of rotatable bonds is 6. The molecule has 0 aromatic carbocycles. The molecule has 0 saturated heterocycles. The molecule has 2 aliphatic carbocycles. The molecule has 0 bridgehead atoms. The Kier molecular flexibility index (Phi) is 5.38. The lowest BCUT2D eigenvalue weighted by Crippen LogP contribution is -2.51. The Morgan fingerprint density at radius 3 is 2.45 bits per heavy atom. The molecule has 2 fully saturated rings. The minimum Gasteiger partial charge on any atom is -0.392 e. The van der Waals surface area contributed by atoms with Gasteiger partial charge >= 0.3 is 0 Å². The number of hydrogen-bond donors (Lipinski definition) is 2. The maximum Gasteiger partial charge on any atom is 0.223 e. The van der Waals surface area contributed by atoms with Gasteiger partial charge in [0, 0.05) is 7.11 Å². The monoisotopic (exact) mass is 298 g/mol. The Morgan fingerprint density at radius 1 is 1.35 bits per heavy atom. The van der Waals surface area contributed by atoms with Gasteiger partial charge in [0.05, 0.1) is 23.1 Å². The van der Waals surface area contributed by atoms with E-state index in [0.717, 1.165) is 32.1 Å². The van der Waals surface area contributed by atoms with Crippen molar-refractivity contribution in [3.63, 3.8) is 0 Å². The molecule has 5 heteroatoms. The highest BCUT2D eigenvalue weighted by Crippen LogP contribution is 2.38. The van der Waals surface area contributed by atoms with Crippen molar-refractivity contribution >= 4 is 23.1 Å². The van der Waals surface area contributed by atoms with Crippen LogP contribution in [0.15, 0.2) is 0 Å². The van der Waals surface area contributed by atoms with Gasteiger partial charge in [-0.2, -0.15) is 0 Å². The molecule has 2 saturated carbocycles. The van der Waals surface area contributed by atoms with Crippen LogP contribution in [0.2, 0.25) is 0 Å². The van der Waals surface area contributed by atoms with E-state index in [9.17, 15) is 4.79 Å². The van der Waals surface area contributed by atoms with Crippen LogP contribution in [-0.4, -0.2) is 29.6 Å². The molecule has 4 nitrogen and oxygen atoms in total. The van der Waals surface area contributed by atoms with Gasteiger partial charge in [0.15, 0.2) is 0 Å². The highest BCUT2D eigenvalue weighted by atomic mass is 32.1. The minimum absolute atomic E-state index is 0.0231. The summed E-state index contributed by atoms with van der Waals surface area (Å²) >= 11 is 5.16. The summed E-state index contributed by atoms with van der Waals surface area (Å²) in [6, 6.07) is -0.146. The molecular formula is C15H26N2O2S. The molecule has 2 aliphatic rings. The molecule has 0 radical (unpaired) electrons. The van der Waals surface area contributed by atoms with E-state index in [1.165, 1.54) is 19.3 Å². The second-order valence-corrected chi connectivity index (χ2v) is 6.73. The molecule has 0 aromatic heterocycles. The molecule has 0 spiro atoms. The van der Waals surface area contributed by atoms with Crippen LogP contribution in [0.1, 0.15) is 57.8 Å². The Balaban J connectivity index is 1.90. The average molecular weight is 298 g/mol. The lowest BCUT2D eigenvalue weighted by molar-refractivity contribution is -0.134. The van der Waals surface area contributed by atoms with Crippen LogP contribution in [0, 0.1) is 5.92 Å². The van der Waals surface area contributed by atoms with Gasteiger partial charge in [-0.1, -0.05) is 31.5 Å². The highest BCUT2D eigenvalue weighted by Gasteiger charge is 2.39. The third-order valence-corrected chi connectivity index (χ3v) is 5.18. The van der Waals surface area contributed by atoms with E-state index in [-0.39, 0.29) is 17.6 Å². The summed E-state index contributed by atoms with van der Waals surface area (Å²) < 4.78 is 5.51. The van der Waals surface area contributed by atoms with Crippen LogP contribution in [0.3, 0.4) is 0 Å². The average Bonchev–Trinajstić information content (AvgIpc) is 2.41. The number of carbonyl (C=O) groups excluding carboxylic acids is 1. The van der Waals surface area contributed by atoms with Gasteiger partial charge in [-0.15, -0.1) is 0 Å². The van der Waals surface area contributed by atoms with E-state index in [2.05, 4.69) is 5.32 Å². The van der Waals surface area contributed by atoms with Gasteiger partial charge in [-0.05, 0) is 38.0 Å². The van der Waals surface area contributed by atoms with Crippen LogP contribution in [0.4, 0.5) is 0 Å². The summed E-state index contributed by atoms with van der Waals surface area (Å²) in [5, 5.41) is 3.06. The second-order valence-electron chi connectivity index (χ2n) is 6.26. The Hall–Kier alpha value is -0.680. The zero-order valence-electron chi connectivity index (χ0n) is 12.3. The van der Waals surface area contributed by atoms with Crippen LogP contribution in [-0.2, 0) is 9.53 Å². The zero-order valence-corrected chi connectivity index (χ0v) is 13.1. The van der Waals surface area contributed by atoms with Gasteiger partial charge in [-0.25, -0.2) is 0 Å². The molecule has 2 rings (SSSR count). The van der Waals surface area contributed by atoms with Gasteiger partial charge in [0.1, 0.15) is 0 Å². The molecule has 1 unspecified atom stereocenters. The van der Waals surface area contributed by atoms with Crippen LogP contribution in [0.5, 0.6) is 0 Å². The largest absolute Gasteiger partial charge is 0.392 e. The van der Waals surface area contributed by atoms with Gasteiger partial charge in [0.2, 0.25) is 5.91 Å². The molecule has 0 aliphatic heterocycles. The minimum atomic E-state index is -0.239. The summed E-state index contributed by atoms with van der Waals surface area (Å²) in [4.78, 5) is 12.7. The third-order valence-electron chi connectivity index (χ3n) is 4.92. The predicted molar refractivity (Wildman–Crippen MR) is 83.5 cm³/mol. The maximum atomic E-state index is 12.3. The third kappa shape index (κ3) is 3.70. The molecule has 20 heavy (non-hydrogen) atoms. The number of nitrogens with two attached hydrogens (primary N) is 1. The van der Waals surface area contributed by atoms with Crippen LogP contribution < -0.4 is 11.1 Å². The molecule has 1 atom stereocenters. The smallest absolute Gasteiger partial charge is 0.223 e. The summed E-state index contributed by atoms with van der Waals surface area (Å²) in [6.07, 6.45) is 9.42. The first-order chi connectivity index (χ1) is 9.56. The van der Waals surface area contributed by atoms with Gasteiger partial charge in [0.25, 0.3) is 0 Å². The first-order valence-corrected chi connectivity index (χ1v) is 8.11. The van der Waals surface area contributed by atoms with Crippen LogP contribution in [0.25, 0.3) is 0 Å². The first-order valence-electron chi connectivity index (χ1n) is 7.70. The summed E-state index contributed by atoms with van der Waals surface area (Å²) in [5.74, 6) is 0.431. The predicted octanol–water partition coefficient (Wildman–Crippen LogP) is 2.30. The van der Waals surface area contributed by atoms with Gasteiger partial charge < -0.3 is 15.8 Å². The van der Waals surface area contributed by atoms with Crippen molar-refractivity contribution in [2.75, 3.05) is 7.11 Å². The normalized spacial score (nSPS) is 23.6. The standard InChI is InChI=1S/C15H26N2O2S/c1-19-15(8-5-9-15)10-12(18)17-13(14(16)20)11-6-3-2-4-7-11/h11,13H,2-10H2,1H3,(H2,16,20)(H,17,18). The molecule has 0 aromatic rings. The number of amides is 1. The van der Waals surface area contributed by atoms with E-state index in [1.807, 2.05) is 0 Å². The van der Waals surface area contributed by atoms with E-state index < -0.39 is 0 Å². The SMILES string of the molecule is COC1(CC(=O)NC(C(N)=S)C2CCCCC2)CCC1. The maximum absolute atomic E-state index is 12.3. The fourth-order valence-corrected chi connectivity index (χ4v) is 3.68. The molecular weight excluding hydrogens is 272 g/mol. The van der Waals surface area contributed by atoms with E-state index in [0.29, 0.717) is 17.3 Å². The van der Waals surface area contributed by atoms with Crippen molar-refractivity contribution in [3.8, 4) is 0 Å². The quantitative estimate of drug-likeness (QED) is 0.739. The van der Waals surface area contributed by atoms with Crippen molar-refractivity contribution in [1.29, 1.82) is 0 Å². The molecule has 0 heterocycles. The Labute approximate surface area is 126 Å². The number of carbonyl (C=O) groups is 1. The Bertz CT molecular complexity index is 357.